The average molecular weight is 239 g/mol. The van der Waals surface area contributed by atoms with Gasteiger partial charge in [-0.2, -0.15) is 0 Å². The van der Waals surface area contributed by atoms with Gasteiger partial charge in [0.05, 0.1) is 0 Å². The van der Waals surface area contributed by atoms with Crippen molar-refractivity contribution in [1.82, 2.24) is 4.31 Å². The van der Waals surface area contributed by atoms with Crippen molar-refractivity contribution in [2.45, 2.75) is 19.3 Å². The van der Waals surface area contributed by atoms with E-state index in [0.717, 1.165) is 10.7 Å². The molecule has 0 amide bonds. The SMILES string of the molecule is CN(CCCCCO)S(=O)(=O)CC(=O)O. The molecule has 2 N–H and O–H groups in total. The van der Waals surface area contributed by atoms with E-state index >= 15 is 0 Å². The number of rotatable bonds is 8. The van der Waals surface area contributed by atoms with Crippen LogP contribution >= 0.6 is 0 Å². The first-order valence-corrected chi connectivity index (χ1v) is 6.27. The molecule has 6 nitrogen and oxygen atoms in total. The topological polar surface area (TPSA) is 94.9 Å². The third kappa shape index (κ3) is 6.43. The summed E-state index contributed by atoms with van der Waals surface area (Å²) in [5, 5.41) is 16.9. The van der Waals surface area contributed by atoms with E-state index in [-0.39, 0.29) is 13.2 Å². The Labute approximate surface area is 89.6 Å². The van der Waals surface area contributed by atoms with Gasteiger partial charge in [0.15, 0.2) is 5.75 Å². The highest BCUT2D eigenvalue weighted by Gasteiger charge is 2.20. The fourth-order valence-electron chi connectivity index (χ4n) is 1.03. The molecule has 0 unspecified atom stereocenters. The first-order valence-electron chi connectivity index (χ1n) is 4.67. The summed E-state index contributed by atoms with van der Waals surface area (Å²) >= 11 is 0. The number of carbonyl (C=O) groups is 1. The molecule has 0 aromatic heterocycles. The Balaban J connectivity index is 3.97. The predicted molar refractivity (Wildman–Crippen MR) is 55.0 cm³/mol. The van der Waals surface area contributed by atoms with Gasteiger partial charge in [0.2, 0.25) is 10.0 Å². The number of carboxylic acid groups (broad SMARTS) is 1. The van der Waals surface area contributed by atoms with Crippen LogP contribution in [0.15, 0.2) is 0 Å². The molecule has 0 saturated carbocycles. The van der Waals surface area contributed by atoms with Crippen LogP contribution in [0.5, 0.6) is 0 Å². The minimum atomic E-state index is -3.68. The molecule has 0 aromatic rings. The van der Waals surface area contributed by atoms with Gasteiger partial charge in [-0.15, -0.1) is 0 Å². The van der Waals surface area contributed by atoms with E-state index in [0.29, 0.717) is 12.8 Å². The molecule has 0 heterocycles. The van der Waals surface area contributed by atoms with Crippen molar-refractivity contribution >= 4 is 16.0 Å². The zero-order valence-electron chi connectivity index (χ0n) is 8.72. The summed E-state index contributed by atoms with van der Waals surface area (Å²) < 4.78 is 23.6. The van der Waals surface area contributed by atoms with Crippen molar-refractivity contribution in [3.63, 3.8) is 0 Å². The molecule has 0 rings (SSSR count). The average Bonchev–Trinajstić information content (AvgIpc) is 2.10. The van der Waals surface area contributed by atoms with E-state index in [1.807, 2.05) is 0 Å². The molecule has 0 aliphatic heterocycles. The van der Waals surface area contributed by atoms with Crippen LogP contribution in [0.25, 0.3) is 0 Å². The number of carboxylic acids is 1. The first-order chi connectivity index (χ1) is 6.90. The highest BCUT2D eigenvalue weighted by Crippen LogP contribution is 2.02. The lowest BCUT2D eigenvalue weighted by Crippen LogP contribution is -2.33. The van der Waals surface area contributed by atoms with Gasteiger partial charge in [-0.1, -0.05) is 0 Å². The minimum absolute atomic E-state index is 0.0889. The maximum atomic E-state index is 11.3. The van der Waals surface area contributed by atoms with Gasteiger partial charge >= 0.3 is 5.97 Å². The zero-order valence-corrected chi connectivity index (χ0v) is 9.53. The van der Waals surface area contributed by atoms with E-state index in [9.17, 15) is 13.2 Å². The second-order valence-corrected chi connectivity index (χ2v) is 5.33. The van der Waals surface area contributed by atoms with Crippen LogP contribution in [0.4, 0.5) is 0 Å². The summed E-state index contributed by atoms with van der Waals surface area (Å²) in [6, 6.07) is 0. The second kappa shape index (κ2) is 6.76. The van der Waals surface area contributed by atoms with Crippen LogP contribution in [0.1, 0.15) is 19.3 Å². The number of aliphatic hydroxyl groups excluding tert-OH is 1. The van der Waals surface area contributed by atoms with Gasteiger partial charge in [-0.3, -0.25) is 4.79 Å². The standard InChI is InChI=1S/C8H17NO5S/c1-9(5-3-2-4-6-10)15(13,14)7-8(11)12/h10H,2-7H2,1H3,(H,11,12). The minimum Gasteiger partial charge on any atom is -0.480 e. The summed E-state index contributed by atoms with van der Waals surface area (Å²) in [6.07, 6.45) is 1.98. The summed E-state index contributed by atoms with van der Waals surface area (Å²) in [5.41, 5.74) is 0. The molecule has 0 aliphatic carbocycles. The fourth-order valence-corrected chi connectivity index (χ4v) is 1.97. The van der Waals surface area contributed by atoms with Gasteiger partial charge in [-0.05, 0) is 19.3 Å². The van der Waals surface area contributed by atoms with E-state index in [1.54, 1.807) is 0 Å². The number of hydrogen-bond donors (Lipinski definition) is 2. The van der Waals surface area contributed by atoms with E-state index in [4.69, 9.17) is 10.2 Å². The summed E-state index contributed by atoms with van der Waals surface area (Å²) in [4.78, 5) is 10.3. The van der Waals surface area contributed by atoms with E-state index in [1.165, 1.54) is 7.05 Å². The predicted octanol–water partition coefficient (Wildman–Crippen LogP) is -0.505. The lowest BCUT2D eigenvalue weighted by atomic mass is 10.2. The monoisotopic (exact) mass is 239 g/mol. The summed E-state index contributed by atoms with van der Waals surface area (Å²) in [7, 11) is -2.32. The van der Waals surface area contributed by atoms with Crippen molar-refractivity contribution in [2.24, 2.45) is 0 Å². The smallest absolute Gasteiger partial charge is 0.320 e. The Morgan fingerprint density at radius 1 is 1.27 bits per heavy atom. The molecular weight excluding hydrogens is 222 g/mol. The third-order valence-electron chi connectivity index (χ3n) is 1.91. The highest BCUT2D eigenvalue weighted by atomic mass is 32.2. The maximum Gasteiger partial charge on any atom is 0.320 e. The molecule has 15 heavy (non-hydrogen) atoms. The molecule has 0 aromatic carbocycles. The Kier molecular flexibility index (Phi) is 6.46. The Morgan fingerprint density at radius 2 is 1.87 bits per heavy atom. The van der Waals surface area contributed by atoms with Crippen LogP contribution in [-0.4, -0.2) is 54.9 Å². The molecular formula is C8H17NO5S. The highest BCUT2D eigenvalue weighted by molar-refractivity contribution is 7.89. The van der Waals surface area contributed by atoms with Gasteiger partial charge in [0, 0.05) is 20.2 Å². The van der Waals surface area contributed by atoms with Crippen molar-refractivity contribution in [3.05, 3.63) is 0 Å². The van der Waals surface area contributed by atoms with Crippen LogP contribution in [0.2, 0.25) is 0 Å². The largest absolute Gasteiger partial charge is 0.480 e. The van der Waals surface area contributed by atoms with Gasteiger partial charge < -0.3 is 10.2 Å². The van der Waals surface area contributed by atoms with Gasteiger partial charge in [-0.25, -0.2) is 12.7 Å². The van der Waals surface area contributed by atoms with Crippen LogP contribution in [0.3, 0.4) is 0 Å². The maximum absolute atomic E-state index is 11.3. The molecule has 90 valence electrons. The normalized spacial score (nSPS) is 11.9. The number of nitrogens with zero attached hydrogens (tertiary/aromatic N) is 1. The molecule has 0 bridgehead atoms. The zero-order chi connectivity index (χ0) is 11.9. The number of hydrogen-bond acceptors (Lipinski definition) is 4. The number of aliphatic hydroxyl groups is 1. The fraction of sp³-hybridized carbons (Fsp3) is 0.875. The summed E-state index contributed by atoms with van der Waals surface area (Å²) in [6.45, 7) is 0.376. The van der Waals surface area contributed by atoms with Crippen LogP contribution < -0.4 is 0 Å². The van der Waals surface area contributed by atoms with Crippen LogP contribution in [-0.2, 0) is 14.8 Å². The molecule has 0 radical (unpaired) electrons. The van der Waals surface area contributed by atoms with Crippen molar-refractivity contribution < 1.29 is 23.4 Å². The molecule has 0 aliphatic rings. The first kappa shape index (κ1) is 14.3. The number of unbranched alkanes of at least 4 members (excludes halogenated alkanes) is 2. The Morgan fingerprint density at radius 3 is 2.33 bits per heavy atom. The summed E-state index contributed by atoms with van der Waals surface area (Å²) in [5.74, 6) is -2.22. The quantitative estimate of drug-likeness (QED) is 0.556. The Bertz CT molecular complexity index is 287. The van der Waals surface area contributed by atoms with Crippen LogP contribution in [0, 0.1) is 0 Å². The lowest BCUT2D eigenvalue weighted by molar-refractivity contribution is -0.134. The molecule has 0 spiro atoms. The second-order valence-electron chi connectivity index (χ2n) is 3.26. The van der Waals surface area contributed by atoms with E-state index in [2.05, 4.69) is 0 Å². The number of aliphatic carboxylic acids is 1. The van der Waals surface area contributed by atoms with Gasteiger partial charge in [0.1, 0.15) is 0 Å². The van der Waals surface area contributed by atoms with Crippen molar-refractivity contribution in [2.75, 3.05) is 26.0 Å². The Hall–Kier alpha value is -0.660. The number of sulfonamides is 1. The third-order valence-corrected chi connectivity index (χ3v) is 3.66. The molecule has 0 saturated heterocycles. The lowest BCUT2D eigenvalue weighted by Gasteiger charge is -2.15. The molecule has 0 fully saturated rings. The van der Waals surface area contributed by atoms with Gasteiger partial charge in [0.25, 0.3) is 0 Å². The van der Waals surface area contributed by atoms with E-state index < -0.39 is 21.7 Å². The van der Waals surface area contributed by atoms with Crippen molar-refractivity contribution in [1.29, 1.82) is 0 Å². The molecule has 0 atom stereocenters. The van der Waals surface area contributed by atoms with Crippen molar-refractivity contribution in [3.8, 4) is 0 Å². The molecule has 7 heteroatoms.